The molecule has 1 aliphatic rings. The quantitative estimate of drug-likeness (QED) is 0.869. The summed E-state index contributed by atoms with van der Waals surface area (Å²) in [6.45, 7) is 9.20. The predicted octanol–water partition coefficient (Wildman–Crippen LogP) is 2.71. The van der Waals surface area contributed by atoms with E-state index >= 15 is 0 Å². The number of hydrogen-bond acceptors (Lipinski definition) is 6. The molecule has 0 saturated carbocycles. The van der Waals surface area contributed by atoms with Crippen molar-refractivity contribution in [3.05, 3.63) is 29.5 Å². The maximum atomic E-state index is 5.82. The van der Waals surface area contributed by atoms with Gasteiger partial charge in [0.05, 0.1) is 6.54 Å². The van der Waals surface area contributed by atoms with Crippen LogP contribution in [0.3, 0.4) is 0 Å². The van der Waals surface area contributed by atoms with Crippen molar-refractivity contribution in [3.63, 3.8) is 0 Å². The zero-order valence-electron chi connectivity index (χ0n) is 12.7. The van der Waals surface area contributed by atoms with Gasteiger partial charge >= 0.3 is 0 Å². The summed E-state index contributed by atoms with van der Waals surface area (Å²) in [5.74, 6) is 3.02. The van der Waals surface area contributed by atoms with E-state index < -0.39 is 0 Å². The molecule has 3 rings (SSSR count). The maximum Gasteiger partial charge on any atom is 0.205 e. The van der Waals surface area contributed by atoms with Gasteiger partial charge in [-0.15, -0.1) is 0 Å². The molecule has 114 valence electrons. The summed E-state index contributed by atoms with van der Waals surface area (Å²) in [7, 11) is 0. The van der Waals surface area contributed by atoms with Crippen molar-refractivity contribution >= 4 is 16.7 Å². The molecule has 3 heterocycles. The van der Waals surface area contributed by atoms with Gasteiger partial charge < -0.3 is 9.32 Å². The van der Waals surface area contributed by atoms with Crippen LogP contribution in [0, 0.1) is 6.92 Å². The number of hydrogen-bond donors (Lipinski definition) is 0. The standard InChI is InChI=1S/C15H22N4OS/c1-3-13-5-6-14(20-13)11-18-7-4-8-19(10-9-18)15-16-12(2)17-21-15/h5-6H,3-4,7-11H2,1-2H3. The van der Waals surface area contributed by atoms with Gasteiger partial charge in [-0.1, -0.05) is 6.92 Å². The molecule has 0 amide bonds. The van der Waals surface area contributed by atoms with Crippen LogP contribution in [-0.2, 0) is 13.0 Å². The Morgan fingerprint density at radius 3 is 2.76 bits per heavy atom. The molecule has 2 aromatic heterocycles. The molecule has 0 spiro atoms. The van der Waals surface area contributed by atoms with Crippen molar-refractivity contribution in [1.29, 1.82) is 0 Å². The second-order valence-corrected chi connectivity index (χ2v) is 6.19. The van der Waals surface area contributed by atoms with Crippen LogP contribution >= 0.6 is 11.5 Å². The molecule has 0 aliphatic carbocycles. The van der Waals surface area contributed by atoms with E-state index in [1.165, 1.54) is 11.5 Å². The molecule has 0 atom stereocenters. The number of anilines is 1. The maximum absolute atomic E-state index is 5.82. The van der Waals surface area contributed by atoms with Gasteiger partial charge in [0.2, 0.25) is 5.13 Å². The largest absolute Gasteiger partial charge is 0.465 e. The Balaban J connectivity index is 1.57. The average Bonchev–Trinajstić information content (AvgIpc) is 3.04. The van der Waals surface area contributed by atoms with Crippen LogP contribution < -0.4 is 4.90 Å². The molecule has 5 nitrogen and oxygen atoms in total. The highest BCUT2D eigenvalue weighted by Gasteiger charge is 2.18. The van der Waals surface area contributed by atoms with Crippen molar-refractivity contribution in [3.8, 4) is 0 Å². The minimum Gasteiger partial charge on any atom is -0.465 e. The van der Waals surface area contributed by atoms with Crippen LogP contribution in [0.1, 0.15) is 30.7 Å². The first-order chi connectivity index (χ1) is 10.2. The van der Waals surface area contributed by atoms with E-state index in [4.69, 9.17) is 4.42 Å². The van der Waals surface area contributed by atoms with Gasteiger partial charge in [-0.3, -0.25) is 4.90 Å². The third kappa shape index (κ3) is 3.63. The van der Waals surface area contributed by atoms with Crippen molar-refractivity contribution in [2.75, 3.05) is 31.1 Å². The Hall–Kier alpha value is -1.40. The van der Waals surface area contributed by atoms with Crippen LogP contribution in [0.2, 0.25) is 0 Å². The van der Waals surface area contributed by atoms with Gasteiger partial charge in [-0.2, -0.15) is 4.37 Å². The molecule has 0 unspecified atom stereocenters. The molecule has 1 fully saturated rings. The summed E-state index contributed by atoms with van der Waals surface area (Å²) < 4.78 is 10.1. The Morgan fingerprint density at radius 2 is 2.05 bits per heavy atom. The lowest BCUT2D eigenvalue weighted by atomic mass is 10.3. The average molecular weight is 306 g/mol. The summed E-state index contributed by atoms with van der Waals surface area (Å²) >= 11 is 1.50. The van der Waals surface area contributed by atoms with Gasteiger partial charge in [-0.05, 0) is 25.5 Å². The lowest BCUT2D eigenvalue weighted by molar-refractivity contribution is 0.257. The highest BCUT2D eigenvalue weighted by Crippen LogP contribution is 2.19. The molecule has 0 bridgehead atoms. The van der Waals surface area contributed by atoms with Crippen LogP contribution in [0.5, 0.6) is 0 Å². The van der Waals surface area contributed by atoms with E-state index in [1.807, 2.05) is 6.92 Å². The van der Waals surface area contributed by atoms with Crippen LogP contribution in [-0.4, -0.2) is 40.4 Å². The van der Waals surface area contributed by atoms with Gasteiger partial charge in [0, 0.05) is 44.1 Å². The second kappa shape index (κ2) is 6.58. The smallest absolute Gasteiger partial charge is 0.205 e. The molecule has 0 aromatic carbocycles. The lowest BCUT2D eigenvalue weighted by Crippen LogP contribution is -2.30. The molecule has 1 aliphatic heterocycles. The van der Waals surface area contributed by atoms with Crippen molar-refractivity contribution in [2.24, 2.45) is 0 Å². The van der Waals surface area contributed by atoms with E-state index in [-0.39, 0.29) is 0 Å². The normalized spacial score (nSPS) is 17.1. The number of nitrogens with zero attached hydrogens (tertiary/aromatic N) is 4. The third-order valence-electron chi connectivity index (χ3n) is 3.82. The fourth-order valence-electron chi connectivity index (χ4n) is 2.65. The molecule has 0 radical (unpaired) electrons. The van der Waals surface area contributed by atoms with E-state index in [2.05, 4.69) is 38.2 Å². The summed E-state index contributed by atoms with van der Waals surface area (Å²) in [6, 6.07) is 4.19. The van der Waals surface area contributed by atoms with E-state index in [1.54, 1.807) is 0 Å². The van der Waals surface area contributed by atoms with Gasteiger partial charge in [-0.25, -0.2) is 4.98 Å². The van der Waals surface area contributed by atoms with E-state index in [0.717, 1.165) is 68.0 Å². The van der Waals surface area contributed by atoms with Crippen molar-refractivity contribution < 1.29 is 4.42 Å². The summed E-state index contributed by atoms with van der Waals surface area (Å²) in [6.07, 6.45) is 2.12. The van der Waals surface area contributed by atoms with Gasteiger partial charge in [0.25, 0.3) is 0 Å². The van der Waals surface area contributed by atoms with Crippen molar-refractivity contribution in [2.45, 2.75) is 33.2 Å². The Kier molecular flexibility index (Phi) is 4.55. The number of aromatic nitrogens is 2. The van der Waals surface area contributed by atoms with Crippen molar-refractivity contribution in [1.82, 2.24) is 14.3 Å². The summed E-state index contributed by atoms with van der Waals surface area (Å²) in [5, 5.41) is 1.06. The number of furan rings is 1. The molecule has 2 aromatic rings. The molecule has 21 heavy (non-hydrogen) atoms. The van der Waals surface area contributed by atoms with Crippen LogP contribution in [0.4, 0.5) is 5.13 Å². The van der Waals surface area contributed by atoms with Gasteiger partial charge in [0.1, 0.15) is 17.3 Å². The van der Waals surface area contributed by atoms with E-state index in [0.29, 0.717) is 0 Å². The third-order valence-corrected chi connectivity index (χ3v) is 4.69. The zero-order chi connectivity index (χ0) is 14.7. The molecule has 6 heteroatoms. The monoisotopic (exact) mass is 306 g/mol. The minimum atomic E-state index is 0.874. The Morgan fingerprint density at radius 1 is 1.19 bits per heavy atom. The van der Waals surface area contributed by atoms with Crippen LogP contribution in [0.25, 0.3) is 0 Å². The van der Waals surface area contributed by atoms with Gasteiger partial charge in [0.15, 0.2) is 0 Å². The fraction of sp³-hybridized carbons (Fsp3) is 0.600. The van der Waals surface area contributed by atoms with Crippen LogP contribution in [0.15, 0.2) is 16.5 Å². The predicted molar refractivity (Wildman–Crippen MR) is 84.8 cm³/mol. The number of aryl methyl sites for hydroxylation is 2. The fourth-order valence-corrected chi connectivity index (χ4v) is 3.38. The van der Waals surface area contributed by atoms with E-state index in [9.17, 15) is 0 Å². The first-order valence-electron chi connectivity index (χ1n) is 7.60. The molecule has 0 N–H and O–H groups in total. The highest BCUT2D eigenvalue weighted by atomic mass is 32.1. The first-order valence-corrected chi connectivity index (χ1v) is 8.37. The zero-order valence-corrected chi connectivity index (χ0v) is 13.5. The topological polar surface area (TPSA) is 45.4 Å². The number of rotatable bonds is 4. The Bertz CT molecular complexity index is 580. The molecular formula is C15H22N4OS. The molecule has 1 saturated heterocycles. The first kappa shape index (κ1) is 14.5. The highest BCUT2D eigenvalue weighted by molar-refractivity contribution is 7.09. The SMILES string of the molecule is CCc1ccc(CN2CCCN(c3nc(C)ns3)CC2)o1. The minimum absolute atomic E-state index is 0.874. The summed E-state index contributed by atoms with van der Waals surface area (Å²) in [5.41, 5.74) is 0. The lowest BCUT2D eigenvalue weighted by Gasteiger charge is -2.20. The summed E-state index contributed by atoms with van der Waals surface area (Å²) in [4.78, 5) is 9.31. The molecular weight excluding hydrogens is 284 g/mol. The second-order valence-electron chi connectivity index (χ2n) is 5.46. The Labute approximate surface area is 129 Å².